The summed E-state index contributed by atoms with van der Waals surface area (Å²) < 4.78 is 5.94. The number of para-hydroxylation sites is 1. The van der Waals surface area contributed by atoms with Crippen LogP contribution in [0.25, 0.3) is 5.57 Å². The van der Waals surface area contributed by atoms with Gasteiger partial charge in [0.2, 0.25) is 0 Å². The zero-order valence-electron chi connectivity index (χ0n) is 10.4. The molecule has 0 saturated heterocycles. The second-order valence-electron chi connectivity index (χ2n) is 4.23. The van der Waals surface area contributed by atoms with Gasteiger partial charge in [0.15, 0.2) is 6.10 Å². The summed E-state index contributed by atoms with van der Waals surface area (Å²) >= 11 is 0. The van der Waals surface area contributed by atoms with Crippen molar-refractivity contribution >= 4 is 11.4 Å². The summed E-state index contributed by atoms with van der Waals surface area (Å²) in [6.45, 7) is 9.70. The average molecular weight is 230 g/mol. The molecule has 0 amide bonds. The highest BCUT2D eigenvalue weighted by Crippen LogP contribution is 2.25. The van der Waals surface area contributed by atoms with Crippen LogP contribution in [0.5, 0.6) is 5.75 Å². The van der Waals surface area contributed by atoms with Gasteiger partial charge in [0.25, 0.3) is 0 Å². The van der Waals surface area contributed by atoms with Crippen LogP contribution in [0.2, 0.25) is 0 Å². The molecule has 1 aliphatic heterocycles. The molecular formula is C14H18N2O. The van der Waals surface area contributed by atoms with E-state index < -0.39 is 0 Å². The molecule has 0 aromatic heterocycles. The summed E-state index contributed by atoms with van der Waals surface area (Å²) in [6.07, 6.45) is -0.0435. The molecule has 0 saturated carbocycles. The van der Waals surface area contributed by atoms with Crippen LogP contribution in [0.4, 0.5) is 0 Å². The third-order valence-corrected chi connectivity index (χ3v) is 2.74. The van der Waals surface area contributed by atoms with Gasteiger partial charge in [0.1, 0.15) is 11.6 Å². The average Bonchev–Trinajstić information content (AvgIpc) is 2.83. The van der Waals surface area contributed by atoms with Gasteiger partial charge in [0.05, 0.1) is 6.54 Å². The number of hydrogen-bond donors (Lipinski definition) is 1. The van der Waals surface area contributed by atoms with Gasteiger partial charge in [-0.2, -0.15) is 0 Å². The molecule has 1 aromatic carbocycles. The van der Waals surface area contributed by atoms with Crippen LogP contribution >= 0.6 is 0 Å². The summed E-state index contributed by atoms with van der Waals surface area (Å²) in [5.74, 6) is 1.80. The number of aliphatic imine (C=N–C) groups is 1. The molecule has 0 fully saturated rings. The van der Waals surface area contributed by atoms with Crippen molar-refractivity contribution in [1.29, 1.82) is 0 Å². The third-order valence-electron chi connectivity index (χ3n) is 2.74. The third kappa shape index (κ3) is 2.67. The van der Waals surface area contributed by atoms with Crippen LogP contribution in [0.3, 0.4) is 0 Å². The molecule has 1 aromatic rings. The molecule has 2 rings (SSSR count). The number of nitrogens with zero attached hydrogens (tertiary/aromatic N) is 1. The minimum atomic E-state index is -0.0435. The van der Waals surface area contributed by atoms with Crippen LogP contribution < -0.4 is 10.1 Å². The zero-order chi connectivity index (χ0) is 12.3. The molecule has 0 spiro atoms. The predicted molar refractivity (Wildman–Crippen MR) is 71.5 cm³/mol. The molecule has 90 valence electrons. The van der Waals surface area contributed by atoms with Crippen LogP contribution in [0.1, 0.15) is 19.4 Å². The van der Waals surface area contributed by atoms with Gasteiger partial charge < -0.3 is 10.1 Å². The Kier molecular flexibility index (Phi) is 3.47. The van der Waals surface area contributed by atoms with E-state index in [1.165, 1.54) is 0 Å². The molecule has 3 nitrogen and oxygen atoms in total. The van der Waals surface area contributed by atoms with Gasteiger partial charge in [-0.05, 0) is 25.5 Å². The van der Waals surface area contributed by atoms with E-state index in [-0.39, 0.29) is 6.10 Å². The molecule has 1 atom stereocenters. The van der Waals surface area contributed by atoms with E-state index in [9.17, 15) is 0 Å². The summed E-state index contributed by atoms with van der Waals surface area (Å²) in [5, 5.41) is 3.23. The standard InChI is InChI=1S/C14H18N2O/c1-10(2)12-6-4-5-7-13(12)17-11(3)14-15-8-9-16-14/h4-7,11H,1,8-9H2,2-3H3,(H,15,16). The van der Waals surface area contributed by atoms with Crippen LogP contribution in [0, 0.1) is 0 Å². The second kappa shape index (κ2) is 5.04. The van der Waals surface area contributed by atoms with Crippen LogP contribution in [-0.2, 0) is 0 Å². The number of benzene rings is 1. The van der Waals surface area contributed by atoms with Crippen molar-refractivity contribution in [1.82, 2.24) is 5.32 Å². The van der Waals surface area contributed by atoms with E-state index in [0.29, 0.717) is 0 Å². The van der Waals surface area contributed by atoms with Crippen LogP contribution in [0.15, 0.2) is 35.8 Å². The first-order chi connectivity index (χ1) is 8.18. The highest BCUT2D eigenvalue weighted by molar-refractivity contribution is 5.88. The Bertz CT molecular complexity index is 451. The summed E-state index contributed by atoms with van der Waals surface area (Å²) in [7, 11) is 0. The fourth-order valence-electron chi connectivity index (χ4n) is 1.86. The Balaban J connectivity index is 2.15. The molecule has 1 N–H and O–H groups in total. The molecule has 1 heterocycles. The fourth-order valence-corrected chi connectivity index (χ4v) is 1.86. The van der Waals surface area contributed by atoms with Gasteiger partial charge in [-0.1, -0.05) is 24.8 Å². The SMILES string of the molecule is C=C(C)c1ccccc1OC(C)C1=NCCN1. The summed E-state index contributed by atoms with van der Waals surface area (Å²) in [5.41, 5.74) is 2.06. The second-order valence-corrected chi connectivity index (χ2v) is 4.23. The lowest BCUT2D eigenvalue weighted by Gasteiger charge is -2.17. The lowest BCUT2D eigenvalue weighted by molar-refractivity contribution is 0.283. The van der Waals surface area contributed by atoms with E-state index in [1.54, 1.807) is 0 Å². The maximum atomic E-state index is 5.94. The first-order valence-corrected chi connectivity index (χ1v) is 5.88. The first kappa shape index (κ1) is 11.7. The molecular weight excluding hydrogens is 212 g/mol. The van der Waals surface area contributed by atoms with Crippen molar-refractivity contribution in [3.63, 3.8) is 0 Å². The lowest BCUT2D eigenvalue weighted by atomic mass is 10.1. The first-order valence-electron chi connectivity index (χ1n) is 5.88. The van der Waals surface area contributed by atoms with Gasteiger partial charge in [-0.3, -0.25) is 4.99 Å². The molecule has 0 bridgehead atoms. The fraction of sp³-hybridized carbons (Fsp3) is 0.357. The number of nitrogens with one attached hydrogen (secondary N) is 1. The summed E-state index contributed by atoms with van der Waals surface area (Å²) in [4.78, 5) is 4.36. The Morgan fingerprint density at radius 2 is 2.24 bits per heavy atom. The molecule has 1 unspecified atom stereocenters. The number of hydrogen-bond acceptors (Lipinski definition) is 3. The number of amidine groups is 1. The Labute approximate surface area is 102 Å². The Hall–Kier alpha value is -1.77. The van der Waals surface area contributed by atoms with Gasteiger partial charge in [0, 0.05) is 12.1 Å². The van der Waals surface area contributed by atoms with Crippen LogP contribution in [-0.4, -0.2) is 25.0 Å². The summed E-state index contributed by atoms with van der Waals surface area (Å²) in [6, 6.07) is 7.95. The van der Waals surface area contributed by atoms with E-state index in [1.807, 2.05) is 38.1 Å². The lowest BCUT2D eigenvalue weighted by Crippen LogP contribution is -2.33. The normalized spacial score (nSPS) is 16.0. The monoisotopic (exact) mass is 230 g/mol. The highest BCUT2D eigenvalue weighted by Gasteiger charge is 2.16. The molecule has 0 radical (unpaired) electrons. The Morgan fingerprint density at radius 1 is 1.47 bits per heavy atom. The zero-order valence-corrected chi connectivity index (χ0v) is 10.4. The van der Waals surface area contributed by atoms with E-state index in [4.69, 9.17) is 4.74 Å². The van der Waals surface area contributed by atoms with Gasteiger partial charge in [-0.25, -0.2) is 0 Å². The molecule has 0 aliphatic carbocycles. The number of ether oxygens (including phenoxy) is 1. The minimum Gasteiger partial charge on any atom is -0.482 e. The van der Waals surface area contributed by atoms with Crippen molar-refractivity contribution in [3.05, 3.63) is 36.4 Å². The highest BCUT2D eigenvalue weighted by atomic mass is 16.5. The molecule has 1 aliphatic rings. The minimum absolute atomic E-state index is 0.0435. The smallest absolute Gasteiger partial charge is 0.152 e. The van der Waals surface area contributed by atoms with Crippen molar-refractivity contribution < 1.29 is 4.74 Å². The topological polar surface area (TPSA) is 33.6 Å². The van der Waals surface area contributed by atoms with E-state index in [0.717, 1.165) is 35.8 Å². The van der Waals surface area contributed by atoms with Crippen molar-refractivity contribution in [3.8, 4) is 5.75 Å². The number of allylic oxidation sites excluding steroid dienone is 1. The van der Waals surface area contributed by atoms with E-state index >= 15 is 0 Å². The van der Waals surface area contributed by atoms with Crippen molar-refractivity contribution in [2.24, 2.45) is 4.99 Å². The number of rotatable bonds is 4. The van der Waals surface area contributed by atoms with Gasteiger partial charge in [-0.15, -0.1) is 0 Å². The molecule has 17 heavy (non-hydrogen) atoms. The molecule has 3 heteroatoms. The maximum absolute atomic E-state index is 5.94. The quantitative estimate of drug-likeness (QED) is 0.862. The van der Waals surface area contributed by atoms with Crippen molar-refractivity contribution in [2.75, 3.05) is 13.1 Å². The largest absolute Gasteiger partial charge is 0.482 e. The maximum Gasteiger partial charge on any atom is 0.152 e. The van der Waals surface area contributed by atoms with Gasteiger partial charge >= 0.3 is 0 Å². The Morgan fingerprint density at radius 3 is 2.88 bits per heavy atom. The van der Waals surface area contributed by atoms with Crippen molar-refractivity contribution in [2.45, 2.75) is 20.0 Å². The predicted octanol–water partition coefficient (Wildman–Crippen LogP) is 2.49. The van der Waals surface area contributed by atoms with E-state index in [2.05, 4.69) is 16.9 Å².